The molecular weight excluding hydrogens is 340 g/mol. The second-order valence-electron chi connectivity index (χ2n) is 7.02. The van der Waals surface area contributed by atoms with E-state index >= 15 is 0 Å². The number of rotatable bonds is 4. The number of aromatic nitrogens is 1. The molecule has 3 heterocycles. The monoisotopic (exact) mass is 362 g/mol. The number of benzene rings is 1. The highest BCUT2D eigenvalue weighted by Crippen LogP contribution is 2.56. The number of aryl methyl sites for hydroxylation is 1. The number of hydrogen-bond donors (Lipinski definition) is 0. The Kier molecular flexibility index (Phi) is 4.17. The molecular formula is C18H22N2O4S. The second kappa shape index (κ2) is 6.23. The SMILES string of the molecule is Cc1cc(CS(=O)(=O)N2CC3(CCOCC3)C2c2ccccc2)on1. The van der Waals surface area contributed by atoms with Crippen molar-refractivity contribution < 1.29 is 17.7 Å². The third kappa shape index (κ3) is 3.01. The maximum atomic E-state index is 13.0. The van der Waals surface area contributed by atoms with Gasteiger partial charge in [0, 0.05) is 31.2 Å². The molecule has 4 rings (SSSR count). The predicted molar refractivity (Wildman–Crippen MR) is 92.2 cm³/mol. The third-order valence-corrected chi connectivity index (χ3v) is 7.01. The quantitative estimate of drug-likeness (QED) is 0.836. The summed E-state index contributed by atoms with van der Waals surface area (Å²) >= 11 is 0. The van der Waals surface area contributed by atoms with Crippen LogP contribution >= 0.6 is 0 Å². The van der Waals surface area contributed by atoms with Crippen LogP contribution in [-0.4, -0.2) is 37.6 Å². The van der Waals surface area contributed by atoms with Crippen LogP contribution in [0.15, 0.2) is 40.9 Å². The van der Waals surface area contributed by atoms with Crippen LogP contribution < -0.4 is 0 Å². The third-order valence-electron chi connectivity index (χ3n) is 5.30. The van der Waals surface area contributed by atoms with E-state index in [9.17, 15) is 8.42 Å². The number of hydrogen-bond acceptors (Lipinski definition) is 5. The minimum absolute atomic E-state index is 0.0238. The molecule has 2 aromatic rings. The highest BCUT2D eigenvalue weighted by atomic mass is 32.2. The number of nitrogens with zero attached hydrogens (tertiary/aromatic N) is 2. The molecule has 7 heteroatoms. The summed E-state index contributed by atoms with van der Waals surface area (Å²) < 4.78 is 38.3. The number of sulfonamides is 1. The second-order valence-corrected chi connectivity index (χ2v) is 8.95. The van der Waals surface area contributed by atoms with Gasteiger partial charge in [-0.25, -0.2) is 8.42 Å². The first-order valence-electron chi connectivity index (χ1n) is 8.55. The summed E-state index contributed by atoms with van der Waals surface area (Å²) in [5.41, 5.74) is 1.71. The van der Waals surface area contributed by atoms with Gasteiger partial charge in [-0.2, -0.15) is 4.31 Å². The first kappa shape index (κ1) is 16.8. The van der Waals surface area contributed by atoms with Crippen molar-refractivity contribution in [3.63, 3.8) is 0 Å². The number of ether oxygens (including phenoxy) is 1. The normalized spacial score (nSPS) is 23.5. The molecule has 0 bridgehead atoms. The fourth-order valence-electron chi connectivity index (χ4n) is 4.05. The van der Waals surface area contributed by atoms with Crippen LogP contribution in [0.1, 0.15) is 35.9 Å². The van der Waals surface area contributed by atoms with Crippen molar-refractivity contribution in [3.05, 3.63) is 53.4 Å². The lowest BCUT2D eigenvalue weighted by atomic mass is 9.65. The van der Waals surface area contributed by atoms with Crippen LogP contribution in [-0.2, 0) is 20.5 Å². The Morgan fingerprint density at radius 3 is 2.60 bits per heavy atom. The fourth-order valence-corrected chi connectivity index (χ4v) is 5.83. The zero-order valence-corrected chi connectivity index (χ0v) is 15.0. The summed E-state index contributed by atoms with van der Waals surface area (Å²) in [6.45, 7) is 3.72. The van der Waals surface area contributed by atoms with Crippen molar-refractivity contribution in [2.24, 2.45) is 5.41 Å². The lowest BCUT2D eigenvalue weighted by Gasteiger charge is -2.58. The van der Waals surface area contributed by atoms with Gasteiger partial charge >= 0.3 is 0 Å². The standard InChI is InChI=1S/C18H22N2O4S/c1-14-11-16(24-19-14)12-25(21,22)20-13-18(7-9-23-10-8-18)17(20)15-5-3-2-4-6-15/h2-6,11,17H,7-10,12-13H2,1H3. The molecule has 1 atom stereocenters. The van der Waals surface area contributed by atoms with Gasteiger partial charge in [-0.15, -0.1) is 0 Å². The van der Waals surface area contributed by atoms with E-state index in [1.807, 2.05) is 30.3 Å². The summed E-state index contributed by atoms with van der Waals surface area (Å²) in [6.07, 6.45) is 1.78. The Labute approximate surface area is 147 Å². The molecule has 0 aliphatic carbocycles. The van der Waals surface area contributed by atoms with Crippen molar-refractivity contribution in [3.8, 4) is 0 Å². The van der Waals surface area contributed by atoms with Gasteiger partial charge in [0.1, 0.15) is 5.75 Å². The summed E-state index contributed by atoms with van der Waals surface area (Å²) in [5, 5.41) is 3.79. The Morgan fingerprint density at radius 2 is 1.96 bits per heavy atom. The van der Waals surface area contributed by atoms with E-state index in [4.69, 9.17) is 9.26 Å². The van der Waals surface area contributed by atoms with Gasteiger partial charge in [-0.1, -0.05) is 35.5 Å². The van der Waals surface area contributed by atoms with Crippen molar-refractivity contribution in [2.75, 3.05) is 19.8 Å². The molecule has 0 saturated carbocycles. The van der Waals surface area contributed by atoms with E-state index in [2.05, 4.69) is 5.16 Å². The van der Waals surface area contributed by atoms with E-state index < -0.39 is 10.0 Å². The molecule has 1 unspecified atom stereocenters. The first-order chi connectivity index (χ1) is 12.0. The van der Waals surface area contributed by atoms with Gasteiger partial charge < -0.3 is 9.26 Å². The molecule has 134 valence electrons. The maximum absolute atomic E-state index is 13.0. The summed E-state index contributed by atoms with van der Waals surface area (Å²) in [4.78, 5) is 0. The van der Waals surface area contributed by atoms with Gasteiger partial charge in [0.25, 0.3) is 0 Å². The Hall–Kier alpha value is -1.70. The lowest BCUT2D eigenvalue weighted by molar-refractivity contribution is -0.0953. The van der Waals surface area contributed by atoms with E-state index in [-0.39, 0.29) is 17.2 Å². The minimum atomic E-state index is -3.48. The van der Waals surface area contributed by atoms with Crippen molar-refractivity contribution in [1.29, 1.82) is 0 Å². The molecule has 0 amide bonds. The van der Waals surface area contributed by atoms with Gasteiger partial charge in [-0.3, -0.25) is 0 Å². The Balaban J connectivity index is 1.64. The lowest BCUT2D eigenvalue weighted by Crippen LogP contribution is -2.62. The molecule has 0 radical (unpaired) electrons. The highest BCUT2D eigenvalue weighted by Gasteiger charge is 2.57. The van der Waals surface area contributed by atoms with Crippen molar-refractivity contribution >= 4 is 10.0 Å². The van der Waals surface area contributed by atoms with Crippen LogP contribution in [0.5, 0.6) is 0 Å². The molecule has 1 spiro atoms. The maximum Gasteiger partial charge on any atom is 0.222 e. The van der Waals surface area contributed by atoms with Crippen LogP contribution in [0.3, 0.4) is 0 Å². The molecule has 2 aliphatic rings. The molecule has 25 heavy (non-hydrogen) atoms. The van der Waals surface area contributed by atoms with Gasteiger partial charge in [0.05, 0.1) is 11.7 Å². The average molecular weight is 362 g/mol. The van der Waals surface area contributed by atoms with Crippen LogP contribution in [0.25, 0.3) is 0 Å². The Morgan fingerprint density at radius 1 is 1.24 bits per heavy atom. The van der Waals surface area contributed by atoms with Crippen LogP contribution in [0, 0.1) is 12.3 Å². The molecule has 0 N–H and O–H groups in total. The van der Waals surface area contributed by atoms with Crippen molar-refractivity contribution in [1.82, 2.24) is 9.46 Å². The molecule has 2 aliphatic heterocycles. The van der Waals surface area contributed by atoms with Gasteiger partial charge in [0.15, 0.2) is 5.76 Å². The van der Waals surface area contributed by atoms with Gasteiger partial charge in [-0.05, 0) is 25.3 Å². The van der Waals surface area contributed by atoms with E-state index in [1.165, 1.54) is 0 Å². The predicted octanol–water partition coefficient (Wildman–Crippen LogP) is 2.67. The summed E-state index contributed by atoms with van der Waals surface area (Å²) in [5.74, 6) is 0.237. The smallest absolute Gasteiger partial charge is 0.222 e. The van der Waals surface area contributed by atoms with Crippen LogP contribution in [0.2, 0.25) is 0 Å². The molecule has 1 aromatic heterocycles. The largest absolute Gasteiger partial charge is 0.381 e. The highest BCUT2D eigenvalue weighted by molar-refractivity contribution is 7.88. The average Bonchev–Trinajstić information content (AvgIpc) is 2.99. The van der Waals surface area contributed by atoms with Crippen molar-refractivity contribution in [2.45, 2.75) is 31.6 Å². The van der Waals surface area contributed by atoms with E-state index in [1.54, 1.807) is 17.3 Å². The topological polar surface area (TPSA) is 72.6 Å². The minimum Gasteiger partial charge on any atom is -0.381 e. The summed E-state index contributed by atoms with van der Waals surface area (Å²) in [6, 6.07) is 11.5. The molecule has 6 nitrogen and oxygen atoms in total. The first-order valence-corrected chi connectivity index (χ1v) is 10.2. The molecule has 2 fully saturated rings. The summed E-state index contributed by atoms with van der Waals surface area (Å²) in [7, 11) is -3.48. The fraction of sp³-hybridized carbons (Fsp3) is 0.500. The zero-order chi connectivity index (χ0) is 17.5. The van der Waals surface area contributed by atoms with Gasteiger partial charge in [0.2, 0.25) is 10.0 Å². The van der Waals surface area contributed by atoms with Crippen LogP contribution in [0.4, 0.5) is 0 Å². The zero-order valence-electron chi connectivity index (χ0n) is 14.2. The van der Waals surface area contributed by atoms with E-state index in [0.717, 1.165) is 18.4 Å². The molecule has 1 aromatic carbocycles. The molecule has 2 saturated heterocycles. The Bertz CT molecular complexity index is 841. The van der Waals surface area contributed by atoms with E-state index in [0.29, 0.717) is 31.2 Å².